The second kappa shape index (κ2) is 7.88. The molecular formula is C15H24N2O. The number of hydrogen-bond acceptors (Lipinski definition) is 2. The molecule has 0 aliphatic heterocycles. The summed E-state index contributed by atoms with van der Waals surface area (Å²) in [4.78, 5) is 11.6. The van der Waals surface area contributed by atoms with Crippen molar-refractivity contribution in [3.05, 3.63) is 35.4 Å². The van der Waals surface area contributed by atoms with E-state index in [-0.39, 0.29) is 5.91 Å². The largest absolute Gasteiger partial charge is 0.352 e. The van der Waals surface area contributed by atoms with Crippen LogP contribution in [0.3, 0.4) is 0 Å². The Morgan fingerprint density at radius 2 is 1.89 bits per heavy atom. The van der Waals surface area contributed by atoms with Gasteiger partial charge in [-0.05, 0) is 25.5 Å². The van der Waals surface area contributed by atoms with Crippen LogP contribution in [0.15, 0.2) is 24.3 Å². The van der Waals surface area contributed by atoms with Crippen LogP contribution in [0.2, 0.25) is 0 Å². The Labute approximate surface area is 110 Å². The van der Waals surface area contributed by atoms with E-state index in [1.165, 1.54) is 5.56 Å². The maximum absolute atomic E-state index is 11.6. The van der Waals surface area contributed by atoms with Crippen molar-refractivity contribution in [3.8, 4) is 0 Å². The lowest BCUT2D eigenvalue weighted by molar-refractivity contribution is -0.121. The standard InChI is InChI=1S/C15H24N2O/c1-12(2)16-10-4-5-15(18)17-11-14-8-6-13(3)7-9-14/h6-9,12,16H,4-5,10-11H2,1-3H3,(H,17,18). The van der Waals surface area contributed by atoms with Crippen LogP contribution in [0.5, 0.6) is 0 Å². The lowest BCUT2D eigenvalue weighted by Crippen LogP contribution is -2.27. The first kappa shape index (κ1) is 14.7. The molecule has 0 aromatic heterocycles. The van der Waals surface area contributed by atoms with E-state index in [4.69, 9.17) is 0 Å². The first-order chi connectivity index (χ1) is 8.58. The molecule has 0 heterocycles. The van der Waals surface area contributed by atoms with Crippen molar-refractivity contribution in [1.29, 1.82) is 0 Å². The van der Waals surface area contributed by atoms with Gasteiger partial charge in [-0.2, -0.15) is 0 Å². The van der Waals surface area contributed by atoms with Gasteiger partial charge in [0.05, 0.1) is 0 Å². The Balaban J connectivity index is 2.15. The van der Waals surface area contributed by atoms with E-state index in [9.17, 15) is 4.79 Å². The molecule has 0 unspecified atom stereocenters. The molecule has 1 aromatic carbocycles. The summed E-state index contributed by atoms with van der Waals surface area (Å²) >= 11 is 0. The van der Waals surface area contributed by atoms with Gasteiger partial charge in [0.25, 0.3) is 0 Å². The average molecular weight is 248 g/mol. The molecule has 100 valence electrons. The quantitative estimate of drug-likeness (QED) is 0.727. The zero-order valence-electron chi connectivity index (χ0n) is 11.6. The summed E-state index contributed by atoms with van der Waals surface area (Å²) in [5.74, 6) is 0.126. The topological polar surface area (TPSA) is 41.1 Å². The number of nitrogens with one attached hydrogen (secondary N) is 2. The Hall–Kier alpha value is -1.35. The number of carbonyl (C=O) groups is 1. The number of amides is 1. The maximum atomic E-state index is 11.6. The predicted octanol–water partition coefficient (Wildman–Crippen LogP) is 2.39. The minimum Gasteiger partial charge on any atom is -0.352 e. The minimum atomic E-state index is 0.126. The zero-order chi connectivity index (χ0) is 13.4. The Kier molecular flexibility index (Phi) is 6.44. The van der Waals surface area contributed by atoms with Gasteiger partial charge in [-0.3, -0.25) is 4.79 Å². The van der Waals surface area contributed by atoms with Gasteiger partial charge >= 0.3 is 0 Å². The summed E-state index contributed by atoms with van der Waals surface area (Å²) in [6.45, 7) is 7.80. The highest BCUT2D eigenvalue weighted by Crippen LogP contribution is 2.02. The molecule has 2 N–H and O–H groups in total. The monoisotopic (exact) mass is 248 g/mol. The SMILES string of the molecule is Cc1ccc(CNC(=O)CCCNC(C)C)cc1. The Morgan fingerprint density at radius 3 is 2.50 bits per heavy atom. The number of hydrogen-bond donors (Lipinski definition) is 2. The van der Waals surface area contributed by atoms with Crippen LogP contribution < -0.4 is 10.6 Å². The normalized spacial score (nSPS) is 10.7. The van der Waals surface area contributed by atoms with Crippen LogP contribution in [0, 0.1) is 6.92 Å². The summed E-state index contributed by atoms with van der Waals surface area (Å²) in [6, 6.07) is 8.72. The highest BCUT2D eigenvalue weighted by Gasteiger charge is 2.01. The summed E-state index contributed by atoms with van der Waals surface area (Å²) in [5, 5.41) is 6.24. The average Bonchev–Trinajstić information content (AvgIpc) is 2.34. The smallest absolute Gasteiger partial charge is 0.220 e. The summed E-state index contributed by atoms with van der Waals surface area (Å²) in [5.41, 5.74) is 2.39. The molecule has 1 rings (SSSR count). The second-order valence-corrected chi connectivity index (χ2v) is 4.97. The molecule has 0 fully saturated rings. The number of aryl methyl sites for hydroxylation is 1. The molecule has 3 heteroatoms. The van der Waals surface area contributed by atoms with Gasteiger partial charge in [0.1, 0.15) is 0 Å². The molecular weight excluding hydrogens is 224 g/mol. The molecule has 0 radical (unpaired) electrons. The maximum Gasteiger partial charge on any atom is 0.220 e. The van der Waals surface area contributed by atoms with Crippen molar-refractivity contribution in [2.75, 3.05) is 6.54 Å². The molecule has 18 heavy (non-hydrogen) atoms. The molecule has 0 spiro atoms. The van der Waals surface area contributed by atoms with E-state index in [0.717, 1.165) is 18.5 Å². The molecule has 1 amide bonds. The van der Waals surface area contributed by atoms with Gasteiger partial charge in [0.15, 0.2) is 0 Å². The van der Waals surface area contributed by atoms with Crippen LogP contribution >= 0.6 is 0 Å². The van der Waals surface area contributed by atoms with Crippen molar-refractivity contribution < 1.29 is 4.79 Å². The first-order valence-electron chi connectivity index (χ1n) is 6.63. The summed E-state index contributed by atoms with van der Waals surface area (Å²) in [6.07, 6.45) is 1.48. The van der Waals surface area contributed by atoms with Gasteiger partial charge in [0, 0.05) is 19.0 Å². The van der Waals surface area contributed by atoms with Crippen molar-refractivity contribution in [2.24, 2.45) is 0 Å². The fourth-order valence-corrected chi connectivity index (χ4v) is 1.63. The fourth-order valence-electron chi connectivity index (χ4n) is 1.63. The van der Waals surface area contributed by atoms with Crippen molar-refractivity contribution in [2.45, 2.75) is 46.2 Å². The van der Waals surface area contributed by atoms with Crippen LogP contribution in [0.25, 0.3) is 0 Å². The Bertz CT molecular complexity index is 357. The van der Waals surface area contributed by atoms with Crippen LogP contribution in [0.1, 0.15) is 37.8 Å². The van der Waals surface area contributed by atoms with Crippen LogP contribution in [0.4, 0.5) is 0 Å². The molecule has 0 aliphatic carbocycles. The number of rotatable bonds is 7. The van der Waals surface area contributed by atoms with Gasteiger partial charge in [-0.1, -0.05) is 43.7 Å². The summed E-state index contributed by atoms with van der Waals surface area (Å²) in [7, 11) is 0. The number of benzene rings is 1. The van der Waals surface area contributed by atoms with E-state index >= 15 is 0 Å². The molecule has 0 aliphatic rings. The van der Waals surface area contributed by atoms with Gasteiger partial charge in [0.2, 0.25) is 5.91 Å². The zero-order valence-corrected chi connectivity index (χ0v) is 11.6. The van der Waals surface area contributed by atoms with E-state index < -0.39 is 0 Å². The third-order valence-corrected chi connectivity index (χ3v) is 2.74. The highest BCUT2D eigenvalue weighted by atomic mass is 16.1. The van der Waals surface area contributed by atoms with Gasteiger partial charge < -0.3 is 10.6 Å². The van der Waals surface area contributed by atoms with E-state index in [2.05, 4.69) is 55.7 Å². The number of carbonyl (C=O) groups excluding carboxylic acids is 1. The van der Waals surface area contributed by atoms with Crippen molar-refractivity contribution >= 4 is 5.91 Å². The predicted molar refractivity (Wildman–Crippen MR) is 75.4 cm³/mol. The van der Waals surface area contributed by atoms with Crippen molar-refractivity contribution in [1.82, 2.24) is 10.6 Å². The van der Waals surface area contributed by atoms with E-state index in [1.807, 2.05) is 0 Å². The third-order valence-electron chi connectivity index (χ3n) is 2.74. The van der Waals surface area contributed by atoms with Crippen LogP contribution in [-0.2, 0) is 11.3 Å². The highest BCUT2D eigenvalue weighted by molar-refractivity contribution is 5.75. The molecule has 0 bridgehead atoms. The minimum absolute atomic E-state index is 0.126. The third kappa shape index (κ3) is 6.40. The van der Waals surface area contributed by atoms with E-state index in [1.54, 1.807) is 0 Å². The first-order valence-corrected chi connectivity index (χ1v) is 6.63. The lowest BCUT2D eigenvalue weighted by Gasteiger charge is -2.08. The van der Waals surface area contributed by atoms with Gasteiger partial charge in [-0.25, -0.2) is 0 Å². The Morgan fingerprint density at radius 1 is 1.22 bits per heavy atom. The van der Waals surface area contributed by atoms with Crippen LogP contribution in [-0.4, -0.2) is 18.5 Å². The lowest BCUT2D eigenvalue weighted by atomic mass is 10.1. The molecule has 0 saturated carbocycles. The summed E-state index contributed by atoms with van der Waals surface area (Å²) < 4.78 is 0. The van der Waals surface area contributed by atoms with Crippen molar-refractivity contribution in [3.63, 3.8) is 0 Å². The molecule has 3 nitrogen and oxygen atoms in total. The van der Waals surface area contributed by atoms with E-state index in [0.29, 0.717) is 19.0 Å². The molecule has 0 saturated heterocycles. The fraction of sp³-hybridized carbons (Fsp3) is 0.533. The second-order valence-electron chi connectivity index (χ2n) is 4.97. The van der Waals surface area contributed by atoms with Gasteiger partial charge in [-0.15, -0.1) is 0 Å². The molecule has 1 aromatic rings. The molecule has 0 atom stereocenters.